The molecule has 1 aliphatic rings. The van der Waals surface area contributed by atoms with Crippen molar-refractivity contribution in [3.63, 3.8) is 0 Å². The number of carbonyl (C=O) groups excluding carboxylic acids is 1. The first-order valence-corrected chi connectivity index (χ1v) is 14.0. The highest BCUT2D eigenvalue weighted by molar-refractivity contribution is 6.11. The van der Waals surface area contributed by atoms with Crippen molar-refractivity contribution >= 4 is 34.0 Å². The number of piperazine rings is 1. The number of nitrogens with one attached hydrogen (secondary N) is 3. The van der Waals surface area contributed by atoms with E-state index in [4.69, 9.17) is 0 Å². The molecular formula is C33H32F2N6O. The summed E-state index contributed by atoms with van der Waals surface area (Å²) in [5, 5.41) is 14.5. The lowest BCUT2D eigenvalue weighted by Crippen LogP contribution is -2.44. The molecule has 1 fully saturated rings. The van der Waals surface area contributed by atoms with Gasteiger partial charge in [-0.2, -0.15) is 5.10 Å². The van der Waals surface area contributed by atoms with Gasteiger partial charge in [0.15, 0.2) is 5.82 Å². The molecule has 1 aromatic heterocycles. The number of aromatic amines is 1. The number of hydrogen-bond acceptors (Lipinski definition) is 5. The van der Waals surface area contributed by atoms with Crippen molar-refractivity contribution in [1.82, 2.24) is 15.1 Å². The van der Waals surface area contributed by atoms with Gasteiger partial charge in [0.1, 0.15) is 11.6 Å². The highest BCUT2D eigenvalue weighted by Gasteiger charge is 2.19. The number of H-pyrrole nitrogens is 1. The van der Waals surface area contributed by atoms with Gasteiger partial charge in [-0.1, -0.05) is 36.4 Å². The average Bonchev–Trinajstić information content (AvgIpc) is 3.38. The predicted molar refractivity (Wildman–Crippen MR) is 163 cm³/mol. The van der Waals surface area contributed by atoms with Gasteiger partial charge in [-0.25, -0.2) is 8.78 Å². The quantitative estimate of drug-likeness (QED) is 0.213. The fraction of sp³-hybridized carbons (Fsp3) is 0.212. The first-order chi connectivity index (χ1) is 20.4. The number of fused-ring (bicyclic) bond motifs is 1. The molecule has 6 rings (SSSR count). The largest absolute Gasteiger partial charge is 0.380 e. The maximum Gasteiger partial charge on any atom is 0.258 e. The van der Waals surface area contributed by atoms with Crippen LogP contribution in [0.3, 0.4) is 0 Å². The van der Waals surface area contributed by atoms with E-state index in [-0.39, 0.29) is 5.91 Å². The molecule has 214 valence electrons. The van der Waals surface area contributed by atoms with Gasteiger partial charge in [0.25, 0.3) is 5.91 Å². The van der Waals surface area contributed by atoms with E-state index >= 15 is 0 Å². The Labute approximate surface area is 243 Å². The van der Waals surface area contributed by atoms with Crippen LogP contribution in [0.1, 0.15) is 27.0 Å². The number of aromatic nitrogens is 2. The minimum Gasteiger partial charge on any atom is -0.380 e. The van der Waals surface area contributed by atoms with Crippen molar-refractivity contribution in [2.45, 2.75) is 13.0 Å². The number of rotatable bonds is 8. The summed E-state index contributed by atoms with van der Waals surface area (Å²) in [5.41, 5.74) is 5.53. The molecule has 42 heavy (non-hydrogen) atoms. The minimum absolute atomic E-state index is 0.290. The number of halogens is 2. The van der Waals surface area contributed by atoms with Crippen LogP contribution in [0.2, 0.25) is 0 Å². The summed E-state index contributed by atoms with van der Waals surface area (Å²) in [5.74, 6) is -1.13. The minimum atomic E-state index is -0.613. The van der Waals surface area contributed by atoms with E-state index in [9.17, 15) is 13.6 Å². The highest BCUT2D eigenvalue weighted by Crippen LogP contribution is 2.28. The summed E-state index contributed by atoms with van der Waals surface area (Å²) >= 11 is 0. The van der Waals surface area contributed by atoms with Crippen LogP contribution >= 0.6 is 0 Å². The summed E-state index contributed by atoms with van der Waals surface area (Å²) < 4.78 is 27.4. The van der Waals surface area contributed by atoms with Crippen LogP contribution in [-0.4, -0.2) is 54.2 Å². The van der Waals surface area contributed by atoms with Gasteiger partial charge in [-0.05, 0) is 72.6 Å². The molecule has 5 aromatic rings. The molecule has 0 aliphatic carbocycles. The highest BCUT2D eigenvalue weighted by atomic mass is 19.1. The standard InChI is InChI=1S/C33H32F2N6O/c1-40-11-13-41(14-12-40)27-8-9-28(31(20-27)36-21-22-5-3-2-4-6-22)33(42)37-32-29-18-23(7-10-30(29)38-39-32)15-24-16-25(34)19-26(35)17-24/h2-10,16-20,36H,11-15,21H2,1H3,(H2,37,38,39,42). The normalized spacial score (nSPS) is 13.8. The lowest BCUT2D eigenvalue weighted by Gasteiger charge is -2.34. The number of anilines is 3. The second kappa shape index (κ2) is 12.0. The van der Waals surface area contributed by atoms with Crippen molar-refractivity contribution < 1.29 is 13.6 Å². The third-order valence-electron chi connectivity index (χ3n) is 7.63. The van der Waals surface area contributed by atoms with Crippen LogP contribution in [0.5, 0.6) is 0 Å². The Morgan fingerprint density at radius 3 is 2.38 bits per heavy atom. The lowest BCUT2D eigenvalue weighted by molar-refractivity contribution is 0.102. The third-order valence-corrected chi connectivity index (χ3v) is 7.63. The SMILES string of the molecule is CN1CCN(c2ccc(C(=O)Nc3n[nH]c4ccc(Cc5cc(F)cc(F)c5)cc34)c(NCc3ccccc3)c2)CC1. The Kier molecular flexibility index (Phi) is 7.83. The Hall–Kier alpha value is -4.76. The Morgan fingerprint density at radius 1 is 0.857 bits per heavy atom. The number of amides is 1. The first kappa shape index (κ1) is 27.4. The number of hydrogen-bond donors (Lipinski definition) is 3. The summed E-state index contributed by atoms with van der Waals surface area (Å²) in [7, 11) is 2.13. The van der Waals surface area contributed by atoms with Gasteiger partial charge in [0.05, 0.1) is 11.1 Å². The summed E-state index contributed by atoms with van der Waals surface area (Å²) in [4.78, 5) is 18.3. The second-order valence-electron chi connectivity index (χ2n) is 10.7. The van der Waals surface area contributed by atoms with E-state index in [2.05, 4.69) is 37.7 Å². The van der Waals surface area contributed by atoms with E-state index in [1.165, 1.54) is 12.1 Å². The molecule has 1 amide bonds. The molecule has 0 saturated carbocycles. The summed E-state index contributed by atoms with van der Waals surface area (Å²) in [6.07, 6.45) is 0.338. The summed E-state index contributed by atoms with van der Waals surface area (Å²) in [6.45, 7) is 4.38. The summed E-state index contributed by atoms with van der Waals surface area (Å²) in [6, 6.07) is 25.0. The topological polar surface area (TPSA) is 76.3 Å². The van der Waals surface area contributed by atoms with E-state index in [0.29, 0.717) is 35.3 Å². The van der Waals surface area contributed by atoms with Gasteiger partial charge < -0.3 is 20.4 Å². The maximum atomic E-state index is 13.7. The van der Waals surface area contributed by atoms with E-state index in [0.717, 1.165) is 60.3 Å². The maximum absolute atomic E-state index is 13.7. The molecule has 9 heteroatoms. The van der Waals surface area contributed by atoms with Crippen LogP contribution in [0.15, 0.2) is 84.9 Å². The van der Waals surface area contributed by atoms with Gasteiger partial charge in [0.2, 0.25) is 0 Å². The fourth-order valence-corrected chi connectivity index (χ4v) is 5.32. The second-order valence-corrected chi connectivity index (χ2v) is 10.7. The van der Waals surface area contributed by atoms with Crippen molar-refractivity contribution in [2.75, 3.05) is 48.8 Å². The molecule has 3 N–H and O–H groups in total. The smallest absolute Gasteiger partial charge is 0.258 e. The lowest BCUT2D eigenvalue weighted by atomic mass is 10.0. The molecule has 0 bridgehead atoms. The van der Waals surface area contributed by atoms with Gasteiger partial charge in [-0.15, -0.1) is 0 Å². The first-order valence-electron chi connectivity index (χ1n) is 14.0. The van der Waals surface area contributed by atoms with Gasteiger partial charge in [-0.3, -0.25) is 9.89 Å². The number of nitrogens with zero attached hydrogens (tertiary/aromatic N) is 3. The van der Waals surface area contributed by atoms with E-state index in [1.807, 2.05) is 66.7 Å². The Balaban J connectivity index is 1.26. The van der Waals surface area contributed by atoms with E-state index in [1.54, 1.807) is 0 Å². The fourth-order valence-electron chi connectivity index (χ4n) is 5.32. The Bertz CT molecular complexity index is 1690. The number of carbonyl (C=O) groups is 1. The van der Waals surface area contributed by atoms with Crippen LogP contribution in [-0.2, 0) is 13.0 Å². The molecule has 0 radical (unpaired) electrons. The molecule has 0 spiro atoms. The van der Waals surface area contributed by atoms with Crippen LogP contribution in [0.25, 0.3) is 10.9 Å². The van der Waals surface area contributed by atoms with E-state index < -0.39 is 11.6 Å². The molecular weight excluding hydrogens is 534 g/mol. The Morgan fingerprint density at radius 2 is 1.62 bits per heavy atom. The number of likely N-dealkylation sites (N-methyl/N-ethyl adjacent to an activating group) is 1. The van der Waals surface area contributed by atoms with Gasteiger partial charge in [0, 0.05) is 55.6 Å². The van der Waals surface area contributed by atoms with Crippen molar-refractivity contribution in [1.29, 1.82) is 0 Å². The zero-order chi connectivity index (χ0) is 29.1. The molecule has 7 nitrogen and oxygen atoms in total. The van der Waals surface area contributed by atoms with Crippen LogP contribution in [0, 0.1) is 11.6 Å². The van der Waals surface area contributed by atoms with Crippen LogP contribution < -0.4 is 15.5 Å². The molecule has 0 unspecified atom stereocenters. The third kappa shape index (κ3) is 6.26. The molecule has 1 aliphatic heterocycles. The zero-order valence-electron chi connectivity index (χ0n) is 23.3. The molecule has 0 atom stereocenters. The van der Waals surface area contributed by atoms with Gasteiger partial charge >= 0.3 is 0 Å². The number of benzene rings is 4. The molecule has 2 heterocycles. The average molecular weight is 567 g/mol. The monoisotopic (exact) mass is 566 g/mol. The van der Waals surface area contributed by atoms with Crippen molar-refractivity contribution in [3.05, 3.63) is 119 Å². The molecule has 4 aromatic carbocycles. The van der Waals surface area contributed by atoms with Crippen molar-refractivity contribution in [2.24, 2.45) is 0 Å². The van der Waals surface area contributed by atoms with Crippen LogP contribution in [0.4, 0.5) is 26.0 Å². The predicted octanol–water partition coefficient (Wildman–Crippen LogP) is 6.05. The van der Waals surface area contributed by atoms with Crippen molar-refractivity contribution in [3.8, 4) is 0 Å². The zero-order valence-corrected chi connectivity index (χ0v) is 23.3. The molecule has 1 saturated heterocycles.